The van der Waals surface area contributed by atoms with Crippen LogP contribution in [-0.4, -0.2) is 13.0 Å². The van der Waals surface area contributed by atoms with Crippen LogP contribution in [0.15, 0.2) is 46.9 Å². The maximum atomic E-state index is 12.4. The van der Waals surface area contributed by atoms with Crippen LogP contribution in [0.4, 0.5) is 5.69 Å². The molecule has 1 heterocycles. The van der Waals surface area contributed by atoms with Crippen LogP contribution in [0.25, 0.3) is 10.1 Å². The largest absolute Gasteiger partial charge is 0.497 e. The second-order valence-corrected chi connectivity index (χ2v) is 6.91. The summed E-state index contributed by atoms with van der Waals surface area (Å²) < 4.78 is 7.10. The first-order valence-electron chi connectivity index (χ1n) is 6.41. The van der Waals surface area contributed by atoms with Gasteiger partial charge in [0.05, 0.1) is 12.1 Å². The number of anilines is 1. The quantitative estimate of drug-likeness (QED) is 0.628. The van der Waals surface area contributed by atoms with Crippen molar-refractivity contribution < 1.29 is 9.53 Å². The SMILES string of the molecule is COc1ccc2sc(C(=O)Nc3ccc(Br)cc3)c(Cl)c2c1. The Kier molecular flexibility index (Phi) is 4.38. The Bertz CT molecular complexity index is 845. The second-order valence-electron chi connectivity index (χ2n) is 4.57. The molecular weight excluding hydrogens is 386 g/mol. The minimum absolute atomic E-state index is 0.215. The van der Waals surface area contributed by atoms with Gasteiger partial charge in [-0.1, -0.05) is 27.5 Å². The molecule has 0 fully saturated rings. The van der Waals surface area contributed by atoms with E-state index in [9.17, 15) is 4.79 Å². The number of rotatable bonds is 3. The van der Waals surface area contributed by atoms with Crippen LogP contribution in [-0.2, 0) is 0 Å². The third kappa shape index (κ3) is 2.97. The molecule has 0 saturated carbocycles. The molecule has 0 unspecified atom stereocenters. The van der Waals surface area contributed by atoms with E-state index in [0.29, 0.717) is 15.6 Å². The zero-order valence-electron chi connectivity index (χ0n) is 11.5. The van der Waals surface area contributed by atoms with Gasteiger partial charge in [-0.25, -0.2) is 0 Å². The Balaban J connectivity index is 1.93. The third-order valence-electron chi connectivity index (χ3n) is 3.14. The highest BCUT2D eigenvalue weighted by Crippen LogP contribution is 2.37. The summed E-state index contributed by atoms with van der Waals surface area (Å²) in [7, 11) is 1.60. The summed E-state index contributed by atoms with van der Waals surface area (Å²) in [5, 5.41) is 4.13. The molecule has 22 heavy (non-hydrogen) atoms. The smallest absolute Gasteiger partial charge is 0.267 e. The monoisotopic (exact) mass is 395 g/mol. The molecule has 3 rings (SSSR count). The topological polar surface area (TPSA) is 38.3 Å². The van der Waals surface area contributed by atoms with Gasteiger partial charge in [-0.15, -0.1) is 11.3 Å². The first-order chi connectivity index (χ1) is 10.6. The average Bonchev–Trinajstić information content (AvgIpc) is 2.86. The fourth-order valence-electron chi connectivity index (χ4n) is 2.04. The molecule has 0 radical (unpaired) electrons. The molecule has 1 N–H and O–H groups in total. The Hall–Kier alpha value is -1.56. The highest BCUT2D eigenvalue weighted by atomic mass is 79.9. The van der Waals surface area contributed by atoms with Crippen LogP contribution in [0.1, 0.15) is 9.67 Å². The molecule has 0 saturated heterocycles. The number of amides is 1. The van der Waals surface area contributed by atoms with Crippen molar-refractivity contribution >= 4 is 60.5 Å². The second kappa shape index (κ2) is 6.28. The van der Waals surface area contributed by atoms with E-state index in [-0.39, 0.29) is 5.91 Å². The van der Waals surface area contributed by atoms with Gasteiger partial charge in [0.15, 0.2) is 0 Å². The van der Waals surface area contributed by atoms with Crippen molar-refractivity contribution in [2.24, 2.45) is 0 Å². The number of carbonyl (C=O) groups excluding carboxylic acids is 1. The predicted molar refractivity (Wildman–Crippen MR) is 95.5 cm³/mol. The van der Waals surface area contributed by atoms with Gasteiger partial charge >= 0.3 is 0 Å². The van der Waals surface area contributed by atoms with Crippen LogP contribution >= 0.6 is 38.9 Å². The normalized spacial score (nSPS) is 10.7. The zero-order valence-corrected chi connectivity index (χ0v) is 14.7. The summed E-state index contributed by atoms with van der Waals surface area (Å²) in [5.41, 5.74) is 0.722. The molecule has 0 aliphatic heterocycles. The Morgan fingerprint density at radius 3 is 2.64 bits per heavy atom. The number of ether oxygens (including phenoxy) is 1. The van der Waals surface area contributed by atoms with E-state index in [0.717, 1.165) is 20.2 Å². The molecule has 0 aliphatic rings. The Morgan fingerprint density at radius 1 is 1.23 bits per heavy atom. The van der Waals surface area contributed by atoms with Crippen molar-refractivity contribution in [1.29, 1.82) is 0 Å². The van der Waals surface area contributed by atoms with Gasteiger partial charge in [-0.3, -0.25) is 4.79 Å². The number of nitrogens with one attached hydrogen (secondary N) is 1. The lowest BCUT2D eigenvalue weighted by Gasteiger charge is -2.04. The first kappa shape index (κ1) is 15.3. The fourth-order valence-corrected chi connectivity index (χ4v) is 3.69. The number of hydrogen-bond acceptors (Lipinski definition) is 3. The van der Waals surface area contributed by atoms with E-state index in [1.807, 2.05) is 42.5 Å². The van der Waals surface area contributed by atoms with Gasteiger partial charge in [-0.2, -0.15) is 0 Å². The summed E-state index contributed by atoms with van der Waals surface area (Å²) >= 11 is 11.1. The number of methoxy groups -OCH3 is 1. The van der Waals surface area contributed by atoms with Crippen LogP contribution < -0.4 is 10.1 Å². The molecule has 3 aromatic rings. The van der Waals surface area contributed by atoms with Crippen molar-refractivity contribution in [1.82, 2.24) is 0 Å². The average molecular weight is 397 g/mol. The number of thiophene rings is 1. The summed E-state index contributed by atoms with van der Waals surface area (Å²) in [6.45, 7) is 0. The van der Waals surface area contributed by atoms with Crippen molar-refractivity contribution in [2.45, 2.75) is 0 Å². The highest BCUT2D eigenvalue weighted by molar-refractivity contribution is 9.10. The van der Waals surface area contributed by atoms with Crippen molar-refractivity contribution in [3.8, 4) is 5.75 Å². The van der Waals surface area contributed by atoms with Crippen molar-refractivity contribution in [2.75, 3.05) is 12.4 Å². The third-order valence-corrected chi connectivity index (χ3v) is 5.35. The van der Waals surface area contributed by atoms with E-state index < -0.39 is 0 Å². The molecule has 1 amide bonds. The molecule has 0 aliphatic carbocycles. The number of halogens is 2. The minimum Gasteiger partial charge on any atom is -0.497 e. The van der Waals surface area contributed by atoms with Gasteiger partial charge in [0.2, 0.25) is 0 Å². The van der Waals surface area contributed by atoms with Crippen LogP contribution in [0.3, 0.4) is 0 Å². The zero-order chi connectivity index (χ0) is 15.7. The summed E-state index contributed by atoms with van der Waals surface area (Å²) in [5.74, 6) is 0.500. The molecule has 3 nitrogen and oxygen atoms in total. The van der Waals surface area contributed by atoms with Crippen LogP contribution in [0.5, 0.6) is 5.75 Å². The van der Waals surface area contributed by atoms with Crippen LogP contribution in [0, 0.1) is 0 Å². The Morgan fingerprint density at radius 2 is 1.95 bits per heavy atom. The summed E-state index contributed by atoms with van der Waals surface area (Å²) in [6, 6.07) is 13.0. The van der Waals surface area contributed by atoms with Crippen LogP contribution in [0.2, 0.25) is 5.02 Å². The molecule has 0 bridgehead atoms. The van der Waals surface area contributed by atoms with Gasteiger partial charge in [0.25, 0.3) is 5.91 Å². The lowest BCUT2D eigenvalue weighted by atomic mass is 10.2. The molecular formula is C16H11BrClNO2S. The van der Waals surface area contributed by atoms with E-state index in [1.54, 1.807) is 7.11 Å². The Labute approximate surface area is 145 Å². The summed E-state index contributed by atoms with van der Waals surface area (Å²) in [6.07, 6.45) is 0. The highest BCUT2D eigenvalue weighted by Gasteiger charge is 2.17. The fraction of sp³-hybridized carbons (Fsp3) is 0.0625. The molecule has 2 aromatic carbocycles. The molecule has 1 aromatic heterocycles. The molecule has 0 spiro atoms. The first-order valence-corrected chi connectivity index (χ1v) is 8.40. The number of carbonyl (C=O) groups is 1. The molecule has 0 atom stereocenters. The molecule has 6 heteroatoms. The molecule has 112 valence electrons. The van der Waals surface area contributed by atoms with E-state index in [4.69, 9.17) is 16.3 Å². The maximum Gasteiger partial charge on any atom is 0.267 e. The lowest BCUT2D eigenvalue weighted by molar-refractivity contribution is 0.103. The number of benzene rings is 2. The van der Waals surface area contributed by atoms with E-state index in [2.05, 4.69) is 21.2 Å². The van der Waals surface area contributed by atoms with Gasteiger partial charge in [0, 0.05) is 20.2 Å². The van der Waals surface area contributed by atoms with Gasteiger partial charge < -0.3 is 10.1 Å². The van der Waals surface area contributed by atoms with Crippen molar-refractivity contribution in [3.05, 3.63) is 56.8 Å². The van der Waals surface area contributed by atoms with Gasteiger partial charge in [-0.05, 0) is 42.5 Å². The van der Waals surface area contributed by atoms with E-state index in [1.165, 1.54) is 11.3 Å². The number of hydrogen-bond donors (Lipinski definition) is 1. The summed E-state index contributed by atoms with van der Waals surface area (Å²) in [4.78, 5) is 12.9. The standard InChI is InChI=1S/C16H11BrClNO2S/c1-21-11-6-7-13-12(8-11)14(18)15(22-13)16(20)19-10-4-2-9(17)3-5-10/h2-8H,1H3,(H,19,20). The predicted octanol–water partition coefficient (Wildman–Crippen LogP) is 5.58. The van der Waals surface area contributed by atoms with Gasteiger partial charge in [0.1, 0.15) is 10.6 Å². The number of fused-ring (bicyclic) bond motifs is 1. The minimum atomic E-state index is -0.215. The van der Waals surface area contributed by atoms with Crippen molar-refractivity contribution in [3.63, 3.8) is 0 Å². The lowest BCUT2D eigenvalue weighted by Crippen LogP contribution is -2.10. The maximum absolute atomic E-state index is 12.4. The van der Waals surface area contributed by atoms with E-state index >= 15 is 0 Å².